The molecule has 2 aromatic carbocycles. The first kappa shape index (κ1) is 16.8. The van der Waals surface area contributed by atoms with Gasteiger partial charge in [-0.15, -0.1) is 0 Å². The number of ether oxygens (including phenoxy) is 4. The number of sulfonamides is 1. The summed E-state index contributed by atoms with van der Waals surface area (Å²) >= 11 is 0. The van der Waals surface area contributed by atoms with E-state index in [1.807, 2.05) is 13.8 Å². The van der Waals surface area contributed by atoms with Crippen LogP contribution in [0.1, 0.15) is 20.3 Å². The van der Waals surface area contributed by atoms with E-state index in [0.717, 1.165) is 0 Å². The fourth-order valence-electron chi connectivity index (χ4n) is 2.77. The van der Waals surface area contributed by atoms with Crippen molar-refractivity contribution in [1.82, 2.24) is 0 Å². The van der Waals surface area contributed by atoms with Crippen LogP contribution in [0.2, 0.25) is 0 Å². The Labute approximate surface area is 151 Å². The van der Waals surface area contributed by atoms with Crippen molar-refractivity contribution in [2.75, 3.05) is 17.9 Å². The molecule has 4 rings (SSSR count). The molecule has 7 nitrogen and oxygen atoms in total. The van der Waals surface area contributed by atoms with Gasteiger partial charge in [-0.3, -0.25) is 4.72 Å². The lowest BCUT2D eigenvalue weighted by atomic mass is 10.2. The number of rotatable bonds is 4. The Balaban J connectivity index is 1.59. The van der Waals surface area contributed by atoms with Gasteiger partial charge in [-0.05, 0) is 24.3 Å². The number of hydrogen-bond acceptors (Lipinski definition) is 6. The van der Waals surface area contributed by atoms with E-state index in [-0.39, 0.29) is 4.90 Å². The second kappa shape index (κ2) is 5.98. The van der Waals surface area contributed by atoms with Crippen LogP contribution < -0.4 is 23.7 Å². The molecule has 0 saturated carbocycles. The van der Waals surface area contributed by atoms with Crippen LogP contribution in [0.5, 0.6) is 23.0 Å². The van der Waals surface area contributed by atoms with Gasteiger partial charge in [0, 0.05) is 25.5 Å². The van der Waals surface area contributed by atoms with Crippen molar-refractivity contribution >= 4 is 15.7 Å². The van der Waals surface area contributed by atoms with Crippen LogP contribution in [0.25, 0.3) is 0 Å². The largest absolute Gasteiger partial charge is 0.486 e. The molecule has 2 aromatic rings. The second-order valence-corrected chi connectivity index (χ2v) is 7.95. The third-order valence-corrected chi connectivity index (χ3v) is 5.69. The molecule has 0 amide bonds. The van der Waals surface area contributed by atoms with Crippen LogP contribution in [-0.4, -0.2) is 27.4 Å². The minimum atomic E-state index is -3.78. The molecule has 2 aliphatic rings. The Morgan fingerprint density at radius 1 is 0.962 bits per heavy atom. The molecule has 0 spiro atoms. The first-order valence-electron chi connectivity index (χ1n) is 8.33. The molecule has 0 saturated heterocycles. The van der Waals surface area contributed by atoms with Gasteiger partial charge in [0.2, 0.25) is 5.79 Å². The summed E-state index contributed by atoms with van der Waals surface area (Å²) in [4.78, 5) is 0.0952. The second-order valence-electron chi connectivity index (χ2n) is 6.26. The van der Waals surface area contributed by atoms with E-state index in [9.17, 15) is 8.42 Å². The monoisotopic (exact) mass is 377 g/mol. The van der Waals surface area contributed by atoms with Crippen LogP contribution in [0.4, 0.5) is 5.69 Å². The standard InChI is InChI=1S/C18H19NO6S/c1-3-18(2)24-15-6-4-12(10-17(15)25-18)19-26(20,21)13-5-7-14-16(11-13)23-9-8-22-14/h4-7,10-11,19H,3,8-9H2,1-2H3/t18-/m0/s1. The number of anilines is 1. The van der Waals surface area contributed by atoms with Crippen molar-refractivity contribution in [2.45, 2.75) is 31.0 Å². The van der Waals surface area contributed by atoms with E-state index in [4.69, 9.17) is 18.9 Å². The molecular weight excluding hydrogens is 358 g/mol. The molecule has 0 fully saturated rings. The summed E-state index contributed by atoms with van der Waals surface area (Å²) in [7, 11) is -3.78. The zero-order valence-corrected chi connectivity index (χ0v) is 15.3. The Hall–Kier alpha value is -2.61. The first-order valence-corrected chi connectivity index (χ1v) is 9.81. The molecule has 138 valence electrons. The maximum atomic E-state index is 12.7. The molecule has 1 atom stereocenters. The maximum Gasteiger partial charge on any atom is 0.262 e. The Bertz CT molecular complexity index is 958. The van der Waals surface area contributed by atoms with Gasteiger partial charge in [-0.1, -0.05) is 6.92 Å². The lowest BCUT2D eigenvalue weighted by Gasteiger charge is -2.20. The highest BCUT2D eigenvalue weighted by Crippen LogP contribution is 2.42. The minimum absolute atomic E-state index is 0.0952. The molecule has 1 N–H and O–H groups in total. The summed E-state index contributed by atoms with van der Waals surface area (Å²) < 4.78 is 50.3. The SMILES string of the molecule is CC[C@@]1(C)Oc2ccc(NS(=O)(=O)c3ccc4c(c3)OCCO4)cc2O1. The molecule has 0 aromatic heterocycles. The molecule has 0 bridgehead atoms. The Kier molecular flexibility index (Phi) is 3.87. The van der Waals surface area contributed by atoms with Gasteiger partial charge in [0.05, 0.1) is 10.6 Å². The molecule has 8 heteroatoms. The summed E-state index contributed by atoms with van der Waals surface area (Å²) in [6.07, 6.45) is 0.667. The third-order valence-electron chi connectivity index (χ3n) is 4.31. The molecule has 0 unspecified atom stereocenters. The lowest BCUT2D eigenvalue weighted by Crippen LogP contribution is -2.33. The highest BCUT2D eigenvalue weighted by Gasteiger charge is 2.35. The van der Waals surface area contributed by atoms with E-state index in [2.05, 4.69) is 4.72 Å². The van der Waals surface area contributed by atoms with Crippen LogP contribution >= 0.6 is 0 Å². The van der Waals surface area contributed by atoms with Gasteiger partial charge in [-0.25, -0.2) is 8.42 Å². The summed E-state index contributed by atoms with van der Waals surface area (Å²) in [5.41, 5.74) is 0.391. The predicted molar refractivity (Wildman–Crippen MR) is 94.6 cm³/mol. The van der Waals surface area contributed by atoms with E-state index >= 15 is 0 Å². The number of nitrogens with one attached hydrogen (secondary N) is 1. The van der Waals surface area contributed by atoms with Gasteiger partial charge in [0.25, 0.3) is 10.0 Å². The van der Waals surface area contributed by atoms with Gasteiger partial charge < -0.3 is 18.9 Å². The molecule has 0 radical (unpaired) electrons. The first-order chi connectivity index (χ1) is 12.4. The van der Waals surface area contributed by atoms with Crippen molar-refractivity contribution in [3.8, 4) is 23.0 Å². The molecular formula is C18H19NO6S. The minimum Gasteiger partial charge on any atom is -0.486 e. The van der Waals surface area contributed by atoms with Crippen LogP contribution in [0.3, 0.4) is 0 Å². The molecule has 26 heavy (non-hydrogen) atoms. The van der Waals surface area contributed by atoms with Crippen molar-refractivity contribution in [1.29, 1.82) is 0 Å². The fourth-order valence-corrected chi connectivity index (χ4v) is 3.84. The zero-order chi connectivity index (χ0) is 18.4. The van der Waals surface area contributed by atoms with Crippen molar-refractivity contribution in [3.05, 3.63) is 36.4 Å². The quantitative estimate of drug-likeness (QED) is 0.881. The van der Waals surface area contributed by atoms with Gasteiger partial charge in [0.15, 0.2) is 23.0 Å². The predicted octanol–water partition coefficient (Wildman–Crippen LogP) is 3.16. The maximum absolute atomic E-state index is 12.7. The summed E-state index contributed by atoms with van der Waals surface area (Å²) in [6.45, 7) is 4.64. The van der Waals surface area contributed by atoms with Gasteiger partial charge in [-0.2, -0.15) is 0 Å². The third kappa shape index (κ3) is 3.01. The van der Waals surface area contributed by atoms with Crippen LogP contribution in [0.15, 0.2) is 41.3 Å². The van der Waals surface area contributed by atoms with Crippen molar-refractivity contribution < 1.29 is 27.4 Å². The normalized spacial score (nSPS) is 20.7. The van der Waals surface area contributed by atoms with Crippen molar-refractivity contribution in [2.24, 2.45) is 0 Å². The topological polar surface area (TPSA) is 83.1 Å². The summed E-state index contributed by atoms with van der Waals surface area (Å²) in [5.74, 6) is 1.34. The fraction of sp³-hybridized carbons (Fsp3) is 0.333. The molecule has 2 heterocycles. The lowest BCUT2D eigenvalue weighted by molar-refractivity contribution is -0.0640. The van der Waals surface area contributed by atoms with E-state index in [1.165, 1.54) is 12.1 Å². The Morgan fingerprint density at radius 3 is 2.42 bits per heavy atom. The van der Waals surface area contributed by atoms with E-state index in [0.29, 0.717) is 48.3 Å². The van der Waals surface area contributed by atoms with E-state index in [1.54, 1.807) is 24.3 Å². The highest BCUT2D eigenvalue weighted by molar-refractivity contribution is 7.92. The van der Waals surface area contributed by atoms with Crippen molar-refractivity contribution in [3.63, 3.8) is 0 Å². The van der Waals surface area contributed by atoms with E-state index < -0.39 is 15.8 Å². The van der Waals surface area contributed by atoms with Gasteiger partial charge in [0.1, 0.15) is 13.2 Å². The number of hydrogen-bond donors (Lipinski definition) is 1. The van der Waals surface area contributed by atoms with Gasteiger partial charge >= 0.3 is 0 Å². The average Bonchev–Trinajstić information content (AvgIpc) is 2.97. The Morgan fingerprint density at radius 2 is 1.65 bits per heavy atom. The highest BCUT2D eigenvalue weighted by atomic mass is 32.2. The molecule has 2 aliphatic heterocycles. The zero-order valence-electron chi connectivity index (χ0n) is 14.4. The smallest absolute Gasteiger partial charge is 0.262 e. The number of fused-ring (bicyclic) bond motifs is 2. The average molecular weight is 377 g/mol. The number of benzene rings is 2. The van der Waals surface area contributed by atoms with Crippen LogP contribution in [-0.2, 0) is 10.0 Å². The summed E-state index contributed by atoms with van der Waals surface area (Å²) in [5, 5.41) is 0. The summed E-state index contributed by atoms with van der Waals surface area (Å²) in [6, 6.07) is 9.48. The van der Waals surface area contributed by atoms with Crippen LogP contribution in [0, 0.1) is 0 Å². The molecule has 0 aliphatic carbocycles.